The molecule has 122 valence electrons. The predicted molar refractivity (Wildman–Crippen MR) is 97.3 cm³/mol. The second kappa shape index (κ2) is 7.39. The quantitative estimate of drug-likeness (QED) is 0.371. The molecule has 0 aliphatic carbocycles. The van der Waals surface area contributed by atoms with Crippen LogP contribution in [-0.4, -0.2) is 15.3 Å². The molecule has 24 heavy (non-hydrogen) atoms. The summed E-state index contributed by atoms with van der Waals surface area (Å²) in [5.74, 6) is -0.594. The number of hydrogen-bond acceptors (Lipinski definition) is 4. The lowest BCUT2D eigenvalue weighted by Crippen LogP contribution is -2.14. The van der Waals surface area contributed by atoms with E-state index in [2.05, 4.69) is 4.72 Å². The normalized spacial score (nSPS) is 12.4. The van der Waals surface area contributed by atoms with Gasteiger partial charge >= 0.3 is 0 Å². The molecule has 0 spiro atoms. The third-order valence-electron chi connectivity index (χ3n) is 3.24. The van der Waals surface area contributed by atoms with Crippen molar-refractivity contribution in [1.82, 2.24) is 5.48 Å². The van der Waals surface area contributed by atoms with Crippen LogP contribution in [0.5, 0.6) is 0 Å². The highest BCUT2D eigenvalue weighted by Crippen LogP contribution is 2.28. The molecular weight excluding hydrogens is 344 g/mol. The lowest BCUT2D eigenvalue weighted by molar-refractivity contribution is -0.124. The van der Waals surface area contributed by atoms with Crippen LogP contribution in [0.3, 0.4) is 0 Å². The van der Waals surface area contributed by atoms with Gasteiger partial charge in [0.15, 0.2) is 11.0 Å². The smallest absolute Gasteiger partial charge is 0.267 e. The van der Waals surface area contributed by atoms with Crippen molar-refractivity contribution in [2.45, 2.75) is 4.21 Å². The molecular formula is C17H14N2O3S2. The third kappa shape index (κ3) is 3.88. The molecule has 3 N–H and O–H groups in total. The van der Waals surface area contributed by atoms with E-state index >= 15 is 0 Å². The molecule has 3 rings (SSSR count). The van der Waals surface area contributed by atoms with Crippen LogP contribution in [0.4, 0.5) is 5.69 Å². The van der Waals surface area contributed by atoms with Crippen molar-refractivity contribution in [2.24, 2.45) is 0 Å². The van der Waals surface area contributed by atoms with Gasteiger partial charge in [0.1, 0.15) is 4.21 Å². The summed E-state index contributed by atoms with van der Waals surface area (Å²) in [6, 6.07) is 17.0. The van der Waals surface area contributed by atoms with Crippen LogP contribution in [-0.2, 0) is 15.8 Å². The zero-order chi connectivity index (χ0) is 16.9. The molecule has 1 atom stereocenters. The number of hydrogen-bond donors (Lipinski definition) is 3. The zero-order valence-corrected chi connectivity index (χ0v) is 14.1. The second-order valence-electron chi connectivity index (χ2n) is 4.91. The lowest BCUT2D eigenvalue weighted by Gasteiger charge is -2.04. The minimum atomic E-state index is -1.33. The Bertz CT molecular complexity index is 884. The molecule has 1 unspecified atom stereocenters. The van der Waals surface area contributed by atoms with Crippen LogP contribution in [0.2, 0.25) is 0 Å². The summed E-state index contributed by atoms with van der Waals surface area (Å²) in [5.41, 5.74) is 3.03. The van der Waals surface area contributed by atoms with Gasteiger partial charge in [-0.2, -0.15) is 0 Å². The second-order valence-corrected chi connectivity index (χ2v) is 7.43. The first-order chi connectivity index (χ1) is 11.7. The SMILES string of the molecule is O=C(/C=C/c1ccc(NS(=O)c2cc3ccccc3s2)cc1)NO. The highest BCUT2D eigenvalue weighted by atomic mass is 32.2. The van der Waals surface area contributed by atoms with Gasteiger partial charge in [-0.1, -0.05) is 30.3 Å². The molecule has 5 nitrogen and oxygen atoms in total. The van der Waals surface area contributed by atoms with E-state index in [4.69, 9.17) is 5.21 Å². The van der Waals surface area contributed by atoms with E-state index in [9.17, 15) is 9.00 Å². The molecule has 0 radical (unpaired) electrons. The molecule has 0 saturated carbocycles. The van der Waals surface area contributed by atoms with Crippen LogP contribution >= 0.6 is 11.3 Å². The van der Waals surface area contributed by atoms with Crippen molar-refractivity contribution in [3.8, 4) is 0 Å². The van der Waals surface area contributed by atoms with Gasteiger partial charge in [-0.3, -0.25) is 10.0 Å². The zero-order valence-electron chi connectivity index (χ0n) is 12.4. The summed E-state index contributed by atoms with van der Waals surface area (Å²) in [4.78, 5) is 10.9. The number of carbonyl (C=O) groups is 1. The number of rotatable bonds is 5. The maximum absolute atomic E-state index is 12.4. The Hall–Kier alpha value is -2.48. The van der Waals surface area contributed by atoms with E-state index < -0.39 is 16.9 Å². The number of nitrogens with one attached hydrogen (secondary N) is 2. The van der Waals surface area contributed by atoms with E-state index in [0.29, 0.717) is 0 Å². The van der Waals surface area contributed by atoms with Gasteiger partial charge in [0.2, 0.25) is 0 Å². The Labute approximate surface area is 145 Å². The fourth-order valence-corrected chi connectivity index (χ4v) is 4.25. The van der Waals surface area contributed by atoms with Crippen molar-refractivity contribution >= 4 is 50.1 Å². The number of amides is 1. The van der Waals surface area contributed by atoms with Crippen LogP contribution in [0.1, 0.15) is 5.56 Å². The van der Waals surface area contributed by atoms with Crippen molar-refractivity contribution in [3.05, 3.63) is 66.2 Å². The van der Waals surface area contributed by atoms with Gasteiger partial charge in [-0.15, -0.1) is 11.3 Å². The Morgan fingerprint density at radius 3 is 2.58 bits per heavy atom. The van der Waals surface area contributed by atoms with E-state index in [1.54, 1.807) is 30.3 Å². The topological polar surface area (TPSA) is 78.4 Å². The maximum Gasteiger partial charge on any atom is 0.267 e. The Balaban J connectivity index is 1.70. The molecule has 0 bridgehead atoms. The first-order valence-electron chi connectivity index (χ1n) is 7.05. The van der Waals surface area contributed by atoms with E-state index in [0.717, 1.165) is 25.5 Å². The molecule has 3 aromatic rings. The first-order valence-corrected chi connectivity index (χ1v) is 9.01. The van der Waals surface area contributed by atoms with Crippen LogP contribution in [0, 0.1) is 0 Å². The monoisotopic (exact) mass is 358 g/mol. The first kappa shape index (κ1) is 16.4. The molecule has 2 aromatic carbocycles. The number of fused-ring (bicyclic) bond motifs is 1. The van der Waals surface area contributed by atoms with Crippen molar-refractivity contribution in [3.63, 3.8) is 0 Å². The summed E-state index contributed by atoms with van der Waals surface area (Å²) in [7, 11) is -1.33. The summed E-state index contributed by atoms with van der Waals surface area (Å²) in [6.45, 7) is 0. The molecule has 1 aromatic heterocycles. The van der Waals surface area contributed by atoms with Gasteiger partial charge in [0.25, 0.3) is 5.91 Å². The Morgan fingerprint density at radius 1 is 1.12 bits per heavy atom. The van der Waals surface area contributed by atoms with Crippen molar-refractivity contribution in [2.75, 3.05) is 4.72 Å². The minimum Gasteiger partial charge on any atom is -0.300 e. The summed E-state index contributed by atoms with van der Waals surface area (Å²) in [5, 5.41) is 9.50. The standard InChI is InChI=1S/C17H14N2O3S2/c20-16(18-21)10-7-12-5-8-14(9-6-12)19-24(22)17-11-13-3-1-2-4-15(13)23-17/h1-11,19,21H,(H,18,20)/b10-7+. The number of anilines is 1. The molecule has 0 fully saturated rings. The lowest BCUT2D eigenvalue weighted by atomic mass is 10.2. The minimum absolute atomic E-state index is 0.594. The Kier molecular flexibility index (Phi) is 5.05. The van der Waals surface area contributed by atoms with Gasteiger partial charge in [-0.05, 0) is 41.3 Å². The van der Waals surface area contributed by atoms with Gasteiger partial charge < -0.3 is 4.72 Å². The fourth-order valence-electron chi connectivity index (χ4n) is 2.08. The number of thiophene rings is 1. The summed E-state index contributed by atoms with van der Waals surface area (Å²) >= 11 is 1.50. The molecule has 0 saturated heterocycles. The summed E-state index contributed by atoms with van der Waals surface area (Å²) in [6.07, 6.45) is 2.79. The van der Waals surface area contributed by atoms with Gasteiger partial charge in [0.05, 0.1) is 0 Å². The average molecular weight is 358 g/mol. The van der Waals surface area contributed by atoms with Crippen molar-refractivity contribution < 1.29 is 14.2 Å². The maximum atomic E-state index is 12.4. The van der Waals surface area contributed by atoms with Gasteiger partial charge in [-0.25, -0.2) is 9.69 Å². The fraction of sp³-hybridized carbons (Fsp3) is 0. The number of benzene rings is 2. The van der Waals surface area contributed by atoms with Crippen LogP contribution in [0.25, 0.3) is 16.2 Å². The molecule has 0 aliphatic heterocycles. The van der Waals surface area contributed by atoms with Crippen LogP contribution < -0.4 is 10.2 Å². The predicted octanol–water partition coefficient (Wildman–Crippen LogP) is 3.55. The third-order valence-corrected chi connectivity index (χ3v) is 5.76. The van der Waals surface area contributed by atoms with Crippen LogP contribution in [0.15, 0.2) is 64.9 Å². The van der Waals surface area contributed by atoms with E-state index in [1.165, 1.54) is 22.9 Å². The highest BCUT2D eigenvalue weighted by Gasteiger charge is 2.08. The van der Waals surface area contributed by atoms with Gasteiger partial charge in [0, 0.05) is 16.5 Å². The summed E-state index contributed by atoms with van der Waals surface area (Å²) < 4.78 is 17.3. The highest BCUT2D eigenvalue weighted by molar-refractivity contribution is 7.88. The molecule has 0 aliphatic rings. The van der Waals surface area contributed by atoms with E-state index in [1.807, 2.05) is 30.3 Å². The molecule has 7 heteroatoms. The Morgan fingerprint density at radius 2 is 1.88 bits per heavy atom. The molecule has 1 heterocycles. The van der Waals surface area contributed by atoms with Crippen molar-refractivity contribution in [1.29, 1.82) is 0 Å². The largest absolute Gasteiger partial charge is 0.300 e. The number of carbonyl (C=O) groups excluding carboxylic acids is 1. The van der Waals surface area contributed by atoms with E-state index in [-0.39, 0.29) is 0 Å². The number of hydroxylamine groups is 1. The average Bonchev–Trinajstić information content (AvgIpc) is 3.05. The molecule has 1 amide bonds.